The number of nitrogens with zero attached hydrogens (tertiary/aromatic N) is 1. The van der Waals surface area contributed by atoms with Gasteiger partial charge in [-0.1, -0.05) is 13.8 Å². The third-order valence-corrected chi connectivity index (χ3v) is 6.01. The first kappa shape index (κ1) is 20.9. The number of ether oxygens (including phenoxy) is 1. The molecule has 0 saturated heterocycles. The van der Waals surface area contributed by atoms with Crippen molar-refractivity contribution in [3.05, 3.63) is 54.1 Å². The maximum atomic E-state index is 12.5. The van der Waals surface area contributed by atoms with Gasteiger partial charge in [0.25, 0.3) is 5.91 Å². The molecule has 0 radical (unpaired) electrons. The molecule has 1 N–H and O–H groups in total. The van der Waals surface area contributed by atoms with Crippen LogP contribution in [0.4, 0.5) is 5.69 Å². The summed E-state index contributed by atoms with van der Waals surface area (Å²) in [5.74, 6) is 0.424. The van der Waals surface area contributed by atoms with Crippen LogP contribution in [0.3, 0.4) is 0 Å². The van der Waals surface area contributed by atoms with E-state index < -0.39 is 10.0 Å². The molecule has 2 rings (SSSR count). The summed E-state index contributed by atoms with van der Waals surface area (Å²) in [7, 11) is -3.53. The lowest BCUT2D eigenvalue weighted by Crippen LogP contribution is -2.30. The van der Waals surface area contributed by atoms with Crippen molar-refractivity contribution < 1.29 is 17.9 Å². The summed E-state index contributed by atoms with van der Waals surface area (Å²) >= 11 is 0. The molecule has 0 heterocycles. The summed E-state index contributed by atoms with van der Waals surface area (Å²) in [6, 6.07) is 13.0. The minimum Gasteiger partial charge on any atom is -0.491 e. The van der Waals surface area contributed by atoms with E-state index in [1.54, 1.807) is 38.1 Å². The minimum atomic E-state index is -3.53. The summed E-state index contributed by atoms with van der Waals surface area (Å²) in [6.45, 7) is 8.27. The molecule has 146 valence electrons. The Morgan fingerprint density at radius 3 is 2.04 bits per heavy atom. The van der Waals surface area contributed by atoms with Gasteiger partial charge in [-0.25, -0.2) is 8.42 Å². The smallest absolute Gasteiger partial charge is 0.255 e. The van der Waals surface area contributed by atoms with Gasteiger partial charge in [0, 0.05) is 24.3 Å². The summed E-state index contributed by atoms with van der Waals surface area (Å²) < 4.78 is 31.9. The number of carbonyl (C=O) groups excluding carboxylic acids is 1. The summed E-state index contributed by atoms with van der Waals surface area (Å²) in [4.78, 5) is 12.6. The van der Waals surface area contributed by atoms with Gasteiger partial charge in [-0.05, 0) is 62.4 Å². The zero-order valence-electron chi connectivity index (χ0n) is 16.1. The monoisotopic (exact) mass is 390 g/mol. The van der Waals surface area contributed by atoms with E-state index in [0.29, 0.717) is 24.3 Å². The first-order valence-corrected chi connectivity index (χ1v) is 10.4. The van der Waals surface area contributed by atoms with Gasteiger partial charge in [0.2, 0.25) is 10.0 Å². The van der Waals surface area contributed by atoms with E-state index in [-0.39, 0.29) is 16.9 Å². The number of anilines is 1. The van der Waals surface area contributed by atoms with E-state index >= 15 is 0 Å². The Kier molecular flexibility index (Phi) is 6.98. The molecule has 7 heteroatoms. The highest BCUT2D eigenvalue weighted by molar-refractivity contribution is 7.89. The molecule has 1 amide bonds. The Morgan fingerprint density at radius 1 is 1.00 bits per heavy atom. The number of hydrogen-bond acceptors (Lipinski definition) is 4. The molecule has 0 atom stereocenters. The topological polar surface area (TPSA) is 75.7 Å². The van der Waals surface area contributed by atoms with Crippen molar-refractivity contribution in [2.24, 2.45) is 0 Å². The fourth-order valence-electron chi connectivity index (χ4n) is 2.58. The van der Waals surface area contributed by atoms with Gasteiger partial charge in [-0.3, -0.25) is 4.79 Å². The molecule has 2 aromatic rings. The minimum absolute atomic E-state index is 0.0802. The van der Waals surface area contributed by atoms with Crippen LogP contribution in [0.15, 0.2) is 53.4 Å². The van der Waals surface area contributed by atoms with E-state index in [2.05, 4.69) is 5.32 Å². The van der Waals surface area contributed by atoms with Gasteiger partial charge in [0.15, 0.2) is 0 Å². The van der Waals surface area contributed by atoms with Gasteiger partial charge in [0.1, 0.15) is 5.75 Å². The second-order valence-corrected chi connectivity index (χ2v) is 8.20. The normalized spacial score (nSPS) is 11.6. The molecule has 0 saturated carbocycles. The molecule has 0 aliphatic rings. The second kappa shape index (κ2) is 9.01. The van der Waals surface area contributed by atoms with Crippen molar-refractivity contribution in [3.63, 3.8) is 0 Å². The molecule has 0 aromatic heterocycles. The first-order chi connectivity index (χ1) is 12.8. The van der Waals surface area contributed by atoms with Crippen LogP contribution in [0.25, 0.3) is 0 Å². The number of carbonyl (C=O) groups is 1. The molecule has 0 bridgehead atoms. The van der Waals surface area contributed by atoms with Crippen LogP contribution in [0, 0.1) is 0 Å². The van der Waals surface area contributed by atoms with Crippen molar-refractivity contribution in [2.45, 2.75) is 38.7 Å². The maximum absolute atomic E-state index is 12.5. The number of nitrogens with one attached hydrogen (secondary N) is 1. The highest BCUT2D eigenvalue weighted by Gasteiger charge is 2.21. The second-order valence-electron chi connectivity index (χ2n) is 6.26. The summed E-state index contributed by atoms with van der Waals surface area (Å²) in [5.41, 5.74) is 1.02. The molecular weight excluding hydrogens is 364 g/mol. The van der Waals surface area contributed by atoms with Crippen molar-refractivity contribution in [1.82, 2.24) is 4.31 Å². The zero-order valence-corrected chi connectivity index (χ0v) is 16.9. The van der Waals surface area contributed by atoms with Crippen LogP contribution in [-0.4, -0.2) is 37.8 Å². The van der Waals surface area contributed by atoms with Gasteiger partial charge in [-0.2, -0.15) is 4.31 Å². The van der Waals surface area contributed by atoms with Crippen molar-refractivity contribution in [2.75, 3.05) is 18.4 Å². The lowest BCUT2D eigenvalue weighted by molar-refractivity contribution is 0.102. The average Bonchev–Trinajstić information content (AvgIpc) is 2.64. The Bertz CT molecular complexity index is 856. The third kappa shape index (κ3) is 5.30. The van der Waals surface area contributed by atoms with Gasteiger partial charge in [0.05, 0.1) is 11.0 Å². The molecule has 0 unspecified atom stereocenters. The van der Waals surface area contributed by atoms with Crippen molar-refractivity contribution in [1.29, 1.82) is 0 Å². The number of rotatable bonds is 8. The maximum Gasteiger partial charge on any atom is 0.255 e. The van der Waals surface area contributed by atoms with Crippen LogP contribution in [-0.2, 0) is 10.0 Å². The Labute approximate surface area is 161 Å². The Hall–Kier alpha value is -2.38. The number of amides is 1. The van der Waals surface area contributed by atoms with E-state index in [0.717, 1.165) is 5.75 Å². The SMILES string of the molecule is CCN(CC)S(=O)(=O)c1ccc(C(=O)Nc2ccc(OC(C)C)cc2)cc1. The van der Waals surface area contributed by atoms with E-state index in [1.807, 2.05) is 13.8 Å². The lowest BCUT2D eigenvalue weighted by atomic mass is 10.2. The van der Waals surface area contributed by atoms with Crippen LogP contribution < -0.4 is 10.1 Å². The Morgan fingerprint density at radius 2 is 1.56 bits per heavy atom. The van der Waals surface area contributed by atoms with Crippen LogP contribution in [0.5, 0.6) is 5.75 Å². The number of benzene rings is 2. The van der Waals surface area contributed by atoms with Crippen LogP contribution in [0.2, 0.25) is 0 Å². The van der Waals surface area contributed by atoms with Crippen molar-refractivity contribution >= 4 is 21.6 Å². The van der Waals surface area contributed by atoms with Gasteiger partial charge >= 0.3 is 0 Å². The number of hydrogen-bond donors (Lipinski definition) is 1. The molecule has 27 heavy (non-hydrogen) atoms. The van der Waals surface area contributed by atoms with Crippen LogP contribution in [0.1, 0.15) is 38.1 Å². The fourth-order valence-corrected chi connectivity index (χ4v) is 4.04. The predicted molar refractivity (Wildman–Crippen MR) is 107 cm³/mol. The molecule has 0 spiro atoms. The molecule has 0 aliphatic heterocycles. The van der Waals surface area contributed by atoms with Gasteiger partial charge < -0.3 is 10.1 Å². The van der Waals surface area contributed by atoms with E-state index in [1.165, 1.54) is 28.6 Å². The standard InChI is InChI=1S/C20H26N2O4S/c1-5-22(6-2)27(24,25)19-13-7-16(8-14-19)20(23)21-17-9-11-18(12-10-17)26-15(3)4/h7-15H,5-6H2,1-4H3,(H,21,23). The quantitative estimate of drug-likeness (QED) is 0.745. The fraction of sp³-hybridized carbons (Fsp3) is 0.350. The zero-order chi connectivity index (χ0) is 20.0. The summed E-state index contributed by atoms with van der Waals surface area (Å²) in [5, 5.41) is 2.79. The lowest BCUT2D eigenvalue weighted by Gasteiger charge is -2.18. The molecule has 2 aromatic carbocycles. The predicted octanol–water partition coefficient (Wildman–Crippen LogP) is 3.76. The van der Waals surface area contributed by atoms with E-state index in [4.69, 9.17) is 4.74 Å². The third-order valence-electron chi connectivity index (χ3n) is 3.94. The van der Waals surface area contributed by atoms with Gasteiger partial charge in [-0.15, -0.1) is 0 Å². The van der Waals surface area contributed by atoms with Crippen molar-refractivity contribution in [3.8, 4) is 5.75 Å². The molecule has 0 aliphatic carbocycles. The van der Waals surface area contributed by atoms with Crippen LogP contribution >= 0.6 is 0 Å². The summed E-state index contributed by atoms with van der Waals surface area (Å²) in [6.07, 6.45) is 0.0802. The molecular formula is C20H26N2O4S. The largest absolute Gasteiger partial charge is 0.491 e. The molecule has 6 nitrogen and oxygen atoms in total. The Balaban J connectivity index is 2.09. The van der Waals surface area contributed by atoms with E-state index in [9.17, 15) is 13.2 Å². The first-order valence-electron chi connectivity index (χ1n) is 8.96. The highest BCUT2D eigenvalue weighted by atomic mass is 32.2. The average molecular weight is 391 g/mol. The highest BCUT2D eigenvalue weighted by Crippen LogP contribution is 2.19. The number of sulfonamides is 1. The molecule has 0 fully saturated rings.